The number of rotatable bonds is 6. The van der Waals surface area contributed by atoms with Gasteiger partial charge in [0.1, 0.15) is 12.1 Å². The first-order chi connectivity index (χ1) is 19.5. The van der Waals surface area contributed by atoms with Crippen LogP contribution in [0.3, 0.4) is 0 Å². The van der Waals surface area contributed by atoms with Gasteiger partial charge in [0.05, 0.1) is 0 Å². The van der Waals surface area contributed by atoms with E-state index < -0.39 is 0 Å². The van der Waals surface area contributed by atoms with E-state index in [1.165, 1.54) is 102 Å². The van der Waals surface area contributed by atoms with E-state index in [-0.39, 0.29) is 28.9 Å². The number of ether oxygens (including phenoxy) is 1. The van der Waals surface area contributed by atoms with Crippen molar-refractivity contribution in [3.8, 4) is 0 Å². The summed E-state index contributed by atoms with van der Waals surface area (Å²) in [7, 11) is 0. The number of esters is 1. The van der Waals surface area contributed by atoms with E-state index in [1.54, 1.807) is 0 Å². The predicted molar refractivity (Wildman–Crippen MR) is 169 cm³/mol. The lowest BCUT2D eigenvalue weighted by Crippen LogP contribution is -2.57. The number of hydrogen-bond acceptors (Lipinski definition) is 3. The number of carbonyl (C=O) groups excluding carboxylic acids is 1. The van der Waals surface area contributed by atoms with Crippen molar-refractivity contribution in [3.63, 3.8) is 0 Å². The Balaban J connectivity index is 1.13. The lowest BCUT2D eigenvalue weighted by atomic mass is 9.46. The van der Waals surface area contributed by atoms with Gasteiger partial charge < -0.3 is 10.1 Å². The largest absolute Gasteiger partial charge is 0.461 e. The average Bonchev–Trinajstić information content (AvgIpc) is 3.28. The minimum absolute atomic E-state index is 0.0210. The van der Waals surface area contributed by atoms with Crippen LogP contribution in [0, 0.1) is 39.9 Å². The van der Waals surface area contributed by atoms with Crippen molar-refractivity contribution in [2.24, 2.45) is 39.9 Å². The number of nitrogens with one attached hydrogen (secondary N) is 1. The molecule has 3 nitrogen and oxygen atoms in total. The molecule has 0 bridgehead atoms. The number of piperidine rings is 1. The van der Waals surface area contributed by atoms with Gasteiger partial charge in [0.15, 0.2) is 0 Å². The molecule has 1 aliphatic heterocycles. The van der Waals surface area contributed by atoms with Crippen molar-refractivity contribution in [2.75, 3.05) is 0 Å². The first kappa shape index (κ1) is 30.0. The monoisotopic (exact) mass is 563 g/mol. The third-order valence-electron chi connectivity index (χ3n) is 14.1. The molecule has 0 aromatic rings. The molecule has 0 amide bonds. The van der Waals surface area contributed by atoms with E-state index in [4.69, 9.17) is 4.74 Å². The molecule has 6 aliphatic rings. The maximum atomic E-state index is 13.5. The minimum atomic E-state index is -0.0903. The van der Waals surface area contributed by atoms with E-state index in [0.717, 1.165) is 30.6 Å². The molecule has 1 heterocycles. The second kappa shape index (κ2) is 11.4. The summed E-state index contributed by atoms with van der Waals surface area (Å²) < 4.78 is 6.50. The summed E-state index contributed by atoms with van der Waals surface area (Å²) in [6.45, 7) is 14.6. The summed E-state index contributed by atoms with van der Waals surface area (Å²) in [6, 6.07) is 0.443. The fourth-order valence-corrected chi connectivity index (χ4v) is 11.7. The predicted octanol–water partition coefficient (Wildman–Crippen LogP) is 9.70. The van der Waals surface area contributed by atoms with Crippen molar-refractivity contribution < 1.29 is 9.53 Å². The molecule has 0 aromatic carbocycles. The molecule has 3 saturated carbocycles. The molecule has 230 valence electrons. The molecule has 0 spiro atoms. The quantitative estimate of drug-likeness (QED) is 0.199. The Bertz CT molecular complexity index is 1050. The van der Waals surface area contributed by atoms with Crippen LogP contribution in [0.25, 0.3) is 0 Å². The van der Waals surface area contributed by atoms with Gasteiger partial charge in [-0.3, -0.25) is 4.79 Å². The summed E-state index contributed by atoms with van der Waals surface area (Å²) in [5.41, 5.74) is 6.03. The van der Waals surface area contributed by atoms with Crippen LogP contribution in [0.2, 0.25) is 0 Å². The van der Waals surface area contributed by atoms with Gasteiger partial charge in [0.25, 0.3) is 0 Å². The summed E-state index contributed by atoms with van der Waals surface area (Å²) >= 11 is 0. The summed E-state index contributed by atoms with van der Waals surface area (Å²) in [5.74, 6) is 3.15. The summed E-state index contributed by atoms with van der Waals surface area (Å²) in [5, 5.41) is 3.74. The molecule has 0 radical (unpaired) electrons. The summed E-state index contributed by atoms with van der Waals surface area (Å²) in [6.07, 6.45) is 24.2. The average molecular weight is 564 g/mol. The van der Waals surface area contributed by atoms with Gasteiger partial charge in [-0.15, -0.1) is 0 Å². The van der Waals surface area contributed by atoms with Gasteiger partial charge in [-0.05, 0) is 145 Å². The fraction of sp³-hybridized carbons (Fsp3) is 0.868. The van der Waals surface area contributed by atoms with Gasteiger partial charge in [-0.25, -0.2) is 0 Å². The number of unbranched alkanes of at least 4 members (excludes halogenated alkanes) is 1. The number of hydrogen-bond donors (Lipinski definition) is 1. The Morgan fingerprint density at radius 3 is 2.54 bits per heavy atom. The zero-order valence-electron chi connectivity index (χ0n) is 27.5. The van der Waals surface area contributed by atoms with Gasteiger partial charge in [0.2, 0.25) is 0 Å². The van der Waals surface area contributed by atoms with Crippen LogP contribution in [0.1, 0.15) is 151 Å². The van der Waals surface area contributed by atoms with E-state index in [2.05, 4.69) is 52.9 Å². The second-order valence-electron chi connectivity index (χ2n) is 16.8. The first-order valence-electron chi connectivity index (χ1n) is 17.9. The van der Waals surface area contributed by atoms with Crippen LogP contribution in [-0.4, -0.2) is 24.2 Å². The molecule has 1 N–H and O–H groups in total. The van der Waals surface area contributed by atoms with Gasteiger partial charge in [0, 0.05) is 11.5 Å². The van der Waals surface area contributed by atoms with Crippen LogP contribution in [-0.2, 0) is 9.53 Å². The lowest BCUT2D eigenvalue weighted by molar-refractivity contribution is -0.173. The highest BCUT2D eigenvalue weighted by Gasteiger charge is 2.59. The number of carbonyl (C=O) groups is 1. The molecular weight excluding hydrogens is 502 g/mol. The Hall–Kier alpha value is -1.09. The smallest absolute Gasteiger partial charge is 0.323 e. The SMILES string of the molecule is CC(C)=CCCCC1CCC2C3=C(CCC12C)C1(C)CCC(OC(=O)C2CCC4CCCCC4N2)C(C)(C)C1CC3. The van der Waals surface area contributed by atoms with E-state index in [1.807, 2.05) is 11.1 Å². The molecule has 5 aliphatic carbocycles. The molecule has 9 unspecified atom stereocenters. The van der Waals surface area contributed by atoms with Gasteiger partial charge in [-0.2, -0.15) is 0 Å². The highest BCUT2D eigenvalue weighted by atomic mass is 16.5. The highest BCUT2D eigenvalue weighted by molar-refractivity contribution is 5.76. The number of fused-ring (bicyclic) bond motifs is 5. The van der Waals surface area contributed by atoms with E-state index >= 15 is 0 Å². The fourth-order valence-electron chi connectivity index (χ4n) is 11.7. The van der Waals surface area contributed by atoms with Crippen molar-refractivity contribution in [1.82, 2.24) is 5.32 Å². The minimum Gasteiger partial charge on any atom is -0.461 e. The van der Waals surface area contributed by atoms with Crippen LogP contribution in [0.5, 0.6) is 0 Å². The Labute approximate surface area is 252 Å². The van der Waals surface area contributed by atoms with Crippen LogP contribution < -0.4 is 5.32 Å². The maximum absolute atomic E-state index is 13.5. The molecular formula is C38H61NO2. The molecule has 1 saturated heterocycles. The van der Waals surface area contributed by atoms with Crippen LogP contribution >= 0.6 is 0 Å². The Kier molecular flexibility index (Phi) is 8.36. The zero-order chi connectivity index (χ0) is 29.0. The second-order valence-corrected chi connectivity index (χ2v) is 16.8. The van der Waals surface area contributed by atoms with Crippen molar-refractivity contribution in [2.45, 2.75) is 169 Å². The van der Waals surface area contributed by atoms with Crippen molar-refractivity contribution in [3.05, 3.63) is 22.8 Å². The van der Waals surface area contributed by atoms with Gasteiger partial charge >= 0.3 is 5.97 Å². The van der Waals surface area contributed by atoms with Crippen LogP contribution in [0.4, 0.5) is 0 Å². The van der Waals surface area contributed by atoms with E-state index in [9.17, 15) is 4.79 Å². The Morgan fingerprint density at radius 2 is 1.73 bits per heavy atom. The van der Waals surface area contributed by atoms with Crippen molar-refractivity contribution >= 4 is 5.97 Å². The lowest BCUT2D eigenvalue weighted by Gasteiger charge is -2.60. The molecule has 3 heteroatoms. The normalized spacial score (nSPS) is 43.3. The standard InChI is InChI=1S/C38H61NO2/c1-25(2)11-7-9-13-27-16-18-29-28-17-20-33-36(3,4)34(22-24-38(33,6)30(28)21-23-37(27,29)5)41-35(40)32-19-15-26-12-8-10-14-31(26)39-32/h11,26-27,29,31-34,39H,7-10,12-24H2,1-6H3. The molecule has 41 heavy (non-hydrogen) atoms. The molecule has 0 aromatic heterocycles. The third-order valence-corrected chi connectivity index (χ3v) is 14.1. The Morgan fingerprint density at radius 1 is 0.927 bits per heavy atom. The zero-order valence-corrected chi connectivity index (χ0v) is 27.5. The molecule has 4 fully saturated rings. The molecule has 6 rings (SSSR count). The summed E-state index contributed by atoms with van der Waals surface area (Å²) in [4.78, 5) is 13.5. The third kappa shape index (κ3) is 5.31. The van der Waals surface area contributed by atoms with Gasteiger partial charge in [-0.1, -0.05) is 63.3 Å². The first-order valence-corrected chi connectivity index (χ1v) is 17.9. The molecule has 9 atom stereocenters. The van der Waals surface area contributed by atoms with Crippen molar-refractivity contribution in [1.29, 1.82) is 0 Å². The topological polar surface area (TPSA) is 38.3 Å². The van der Waals surface area contributed by atoms with E-state index in [0.29, 0.717) is 17.4 Å². The van der Waals surface area contributed by atoms with Crippen LogP contribution in [0.15, 0.2) is 22.8 Å². The highest BCUT2D eigenvalue weighted by Crippen LogP contribution is 2.67. The number of allylic oxidation sites excluding steroid dienone is 4. The maximum Gasteiger partial charge on any atom is 0.323 e.